The minimum absolute atomic E-state index is 0.00220. The number of ether oxygens (including phenoxy) is 1. The van der Waals surface area contributed by atoms with Gasteiger partial charge in [-0.05, 0) is 0 Å². The van der Waals surface area contributed by atoms with Gasteiger partial charge in [-0.2, -0.15) is 0 Å². The molecule has 1 fully saturated rings. The number of aromatic nitrogens is 3. The van der Waals surface area contributed by atoms with Crippen LogP contribution in [0.4, 0.5) is 4.39 Å². The SMILES string of the molecule is CC(C)C(=O)Cn1cc(C[C@@H]2OC(CO)[C@@H](O)[C@H](O)C2[18F])nn1. The zero-order valence-electron chi connectivity index (χ0n) is 13.0. The van der Waals surface area contributed by atoms with E-state index in [1.165, 1.54) is 10.9 Å². The molecule has 2 rings (SSSR count). The molecule has 1 aromatic rings. The highest BCUT2D eigenvalue weighted by atomic mass is 18.2. The van der Waals surface area contributed by atoms with Gasteiger partial charge in [0, 0.05) is 18.5 Å². The van der Waals surface area contributed by atoms with E-state index in [1.807, 2.05) is 0 Å². The van der Waals surface area contributed by atoms with Crippen molar-refractivity contribution in [3.05, 3.63) is 11.9 Å². The van der Waals surface area contributed by atoms with Crippen molar-refractivity contribution in [2.24, 2.45) is 5.92 Å². The summed E-state index contributed by atoms with van der Waals surface area (Å²) >= 11 is 0. The maximum atomic E-state index is 14.1. The highest BCUT2D eigenvalue weighted by molar-refractivity contribution is 5.79. The Morgan fingerprint density at radius 1 is 1.39 bits per heavy atom. The van der Waals surface area contributed by atoms with E-state index in [4.69, 9.17) is 9.84 Å². The van der Waals surface area contributed by atoms with Crippen LogP contribution >= 0.6 is 0 Å². The molecule has 0 saturated carbocycles. The first-order chi connectivity index (χ1) is 10.8. The molecule has 0 bridgehead atoms. The Labute approximate surface area is 132 Å². The van der Waals surface area contributed by atoms with E-state index >= 15 is 0 Å². The lowest BCUT2D eigenvalue weighted by Crippen LogP contribution is -2.57. The topological polar surface area (TPSA) is 118 Å². The number of hydrogen-bond acceptors (Lipinski definition) is 7. The second kappa shape index (κ2) is 7.43. The number of Topliss-reactive ketones (excluding diaryl/α,β-unsaturated/α-hetero) is 1. The molecule has 9 heteroatoms. The molecule has 2 unspecified atom stereocenters. The average molecular weight is 330 g/mol. The Balaban J connectivity index is 2.01. The molecular formula is C14H22FN3O5. The molecule has 2 heterocycles. The molecule has 1 saturated heterocycles. The first-order valence-corrected chi connectivity index (χ1v) is 7.51. The van der Waals surface area contributed by atoms with Crippen molar-refractivity contribution in [3.8, 4) is 0 Å². The van der Waals surface area contributed by atoms with Crippen LogP contribution in [0.5, 0.6) is 0 Å². The van der Waals surface area contributed by atoms with Gasteiger partial charge in [0.1, 0.15) is 24.9 Å². The molecule has 1 aromatic heterocycles. The fourth-order valence-electron chi connectivity index (χ4n) is 2.38. The molecule has 1 aliphatic rings. The molecule has 5 atom stereocenters. The van der Waals surface area contributed by atoms with Crippen LogP contribution in [-0.4, -0.2) is 73.3 Å². The lowest BCUT2D eigenvalue weighted by molar-refractivity contribution is -0.211. The number of alkyl halides is 1. The minimum Gasteiger partial charge on any atom is -0.394 e. The minimum atomic E-state index is -1.81. The fourth-order valence-corrected chi connectivity index (χ4v) is 2.38. The summed E-state index contributed by atoms with van der Waals surface area (Å²) in [7, 11) is 0. The van der Waals surface area contributed by atoms with E-state index in [0.717, 1.165) is 0 Å². The van der Waals surface area contributed by atoms with Gasteiger partial charge in [-0.25, -0.2) is 9.07 Å². The van der Waals surface area contributed by atoms with Crippen LogP contribution in [0.3, 0.4) is 0 Å². The first kappa shape index (κ1) is 17.9. The average Bonchev–Trinajstić information content (AvgIpc) is 2.94. The van der Waals surface area contributed by atoms with E-state index in [0.29, 0.717) is 5.69 Å². The zero-order valence-corrected chi connectivity index (χ0v) is 13.0. The number of hydrogen-bond donors (Lipinski definition) is 3. The Hall–Kier alpha value is -1.42. The van der Waals surface area contributed by atoms with Crippen LogP contribution < -0.4 is 0 Å². The van der Waals surface area contributed by atoms with Crippen molar-refractivity contribution < 1.29 is 29.2 Å². The van der Waals surface area contributed by atoms with Crippen molar-refractivity contribution in [3.63, 3.8) is 0 Å². The van der Waals surface area contributed by atoms with Gasteiger partial charge >= 0.3 is 0 Å². The van der Waals surface area contributed by atoms with Crippen molar-refractivity contribution in [1.29, 1.82) is 0 Å². The van der Waals surface area contributed by atoms with Crippen LogP contribution in [0.2, 0.25) is 0 Å². The van der Waals surface area contributed by atoms with E-state index in [1.54, 1.807) is 13.8 Å². The molecule has 1 aliphatic heterocycles. The third kappa shape index (κ3) is 4.11. The van der Waals surface area contributed by atoms with E-state index in [9.17, 15) is 19.4 Å². The lowest BCUT2D eigenvalue weighted by atomic mass is 9.94. The molecule has 0 aliphatic carbocycles. The second-order valence-electron chi connectivity index (χ2n) is 6.05. The first-order valence-electron chi connectivity index (χ1n) is 7.51. The van der Waals surface area contributed by atoms with Gasteiger partial charge in [0.2, 0.25) is 0 Å². The van der Waals surface area contributed by atoms with Crippen LogP contribution in [0.25, 0.3) is 0 Å². The van der Waals surface area contributed by atoms with Gasteiger partial charge in [0.25, 0.3) is 0 Å². The van der Waals surface area contributed by atoms with Gasteiger partial charge in [-0.3, -0.25) is 4.79 Å². The van der Waals surface area contributed by atoms with Gasteiger partial charge in [-0.1, -0.05) is 19.1 Å². The predicted molar refractivity (Wildman–Crippen MR) is 76.2 cm³/mol. The predicted octanol–water partition coefficient (Wildman–Crippen LogP) is -1.13. The van der Waals surface area contributed by atoms with Crippen molar-refractivity contribution >= 4 is 5.78 Å². The maximum Gasteiger partial charge on any atom is 0.156 e. The highest BCUT2D eigenvalue weighted by Gasteiger charge is 2.44. The Kier molecular flexibility index (Phi) is 5.79. The zero-order chi connectivity index (χ0) is 17.1. The number of ketones is 1. The fraction of sp³-hybridized carbons (Fsp3) is 0.786. The van der Waals surface area contributed by atoms with Gasteiger partial charge in [0.15, 0.2) is 12.0 Å². The molecule has 0 amide bonds. The lowest BCUT2D eigenvalue weighted by Gasteiger charge is -2.38. The molecular weight excluding hydrogens is 308 g/mol. The number of halogens is 1. The van der Waals surface area contributed by atoms with Crippen molar-refractivity contribution in [2.75, 3.05) is 6.61 Å². The van der Waals surface area contributed by atoms with Gasteiger partial charge in [-0.15, -0.1) is 5.10 Å². The summed E-state index contributed by atoms with van der Waals surface area (Å²) in [5.41, 5.74) is 0.398. The third-order valence-electron chi connectivity index (χ3n) is 3.90. The number of aliphatic hydroxyl groups excluding tert-OH is 3. The maximum absolute atomic E-state index is 14.1. The largest absolute Gasteiger partial charge is 0.394 e. The smallest absolute Gasteiger partial charge is 0.156 e. The molecule has 8 nitrogen and oxygen atoms in total. The quantitative estimate of drug-likeness (QED) is 0.604. The van der Waals surface area contributed by atoms with E-state index in [-0.39, 0.29) is 24.7 Å². The summed E-state index contributed by atoms with van der Waals surface area (Å²) in [6.45, 7) is 3.11. The Morgan fingerprint density at radius 3 is 2.70 bits per heavy atom. The van der Waals surface area contributed by atoms with Crippen LogP contribution in [0.15, 0.2) is 6.20 Å². The summed E-state index contributed by atoms with van der Waals surface area (Å²) in [6.07, 6.45) is -5.51. The Bertz CT molecular complexity index is 536. The molecule has 0 spiro atoms. The van der Waals surface area contributed by atoms with Crippen molar-refractivity contribution in [1.82, 2.24) is 15.0 Å². The van der Waals surface area contributed by atoms with Crippen molar-refractivity contribution in [2.45, 2.75) is 57.4 Å². The summed E-state index contributed by atoms with van der Waals surface area (Å²) in [5.74, 6) is -0.126. The summed E-state index contributed by atoms with van der Waals surface area (Å²) in [4.78, 5) is 11.7. The summed E-state index contributed by atoms with van der Waals surface area (Å²) < 4.78 is 20.7. The number of rotatable bonds is 6. The van der Waals surface area contributed by atoms with Crippen LogP contribution in [0.1, 0.15) is 19.5 Å². The molecule has 23 heavy (non-hydrogen) atoms. The van der Waals surface area contributed by atoms with Crippen LogP contribution in [0, 0.1) is 5.92 Å². The Morgan fingerprint density at radius 2 is 2.09 bits per heavy atom. The number of carbonyl (C=O) groups excluding carboxylic acids is 1. The summed E-state index contributed by atoms with van der Waals surface area (Å²) in [6, 6.07) is 0. The summed E-state index contributed by atoms with van der Waals surface area (Å²) in [5, 5.41) is 36.1. The van der Waals surface area contributed by atoms with E-state index < -0.39 is 37.2 Å². The van der Waals surface area contributed by atoms with Gasteiger partial charge in [0.05, 0.1) is 18.4 Å². The molecule has 130 valence electrons. The standard InChI is InChI=1S/C14H22FN3O5/c1-7(2)9(20)5-18-4-8(16-17-18)3-10-12(15)14(22)13(21)11(6-19)23-10/h4,7,10-14,19,21-22H,3,5-6H2,1-2H3/t10-,11?,12?,13+,14+/m0/s1/i15-1. The normalized spacial score (nSPS) is 31.5. The molecule has 0 radical (unpaired) electrons. The van der Waals surface area contributed by atoms with E-state index in [2.05, 4.69) is 10.3 Å². The second-order valence-corrected chi connectivity index (χ2v) is 6.05. The number of nitrogens with zero attached hydrogens (tertiary/aromatic N) is 3. The molecule has 3 N–H and O–H groups in total. The monoisotopic (exact) mass is 330 g/mol. The van der Waals surface area contributed by atoms with Gasteiger partial charge < -0.3 is 20.1 Å². The van der Waals surface area contributed by atoms with Crippen LogP contribution in [-0.2, 0) is 22.5 Å². The third-order valence-corrected chi connectivity index (χ3v) is 3.90. The highest BCUT2D eigenvalue weighted by Crippen LogP contribution is 2.25. The number of aliphatic hydroxyl groups is 3. The molecule has 0 aromatic carbocycles. The number of carbonyl (C=O) groups is 1.